The summed E-state index contributed by atoms with van der Waals surface area (Å²) in [5.41, 5.74) is 0.876. The minimum absolute atomic E-state index is 0.101. The molecule has 21 heavy (non-hydrogen) atoms. The molecule has 1 aromatic rings. The number of carbonyl (C=O) groups excluding carboxylic acids is 2. The van der Waals surface area contributed by atoms with Crippen molar-refractivity contribution in [2.24, 2.45) is 0 Å². The molecule has 6 nitrogen and oxygen atoms in total. The maximum Gasteiger partial charge on any atom is 0.325 e. The van der Waals surface area contributed by atoms with Crippen LogP contribution < -0.4 is 0 Å². The van der Waals surface area contributed by atoms with Crippen molar-refractivity contribution < 1.29 is 19.4 Å². The fourth-order valence-electron chi connectivity index (χ4n) is 1.69. The third-order valence-corrected chi connectivity index (χ3v) is 2.63. The highest BCUT2D eigenvalue weighted by atomic mass is 16.5. The Labute approximate surface area is 123 Å². The fraction of sp³-hybridized carbons (Fsp3) is 0.400. The zero-order chi connectivity index (χ0) is 15.7. The van der Waals surface area contributed by atoms with E-state index in [4.69, 9.17) is 5.11 Å². The van der Waals surface area contributed by atoms with Crippen molar-refractivity contribution in [1.29, 1.82) is 0 Å². The topological polar surface area (TPSA) is 79.7 Å². The Bertz CT molecular complexity index is 560. The van der Waals surface area contributed by atoms with Gasteiger partial charge in [0.25, 0.3) is 5.91 Å². The number of pyridine rings is 1. The molecular weight excluding hydrogens is 272 g/mol. The van der Waals surface area contributed by atoms with E-state index in [1.807, 2.05) is 6.92 Å². The van der Waals surface area contributed by atoms with Crippen LogP contribution in [0.1, 0.15) is 29.3 Å². The lowest BCUT2D eigenvalue weighted by atomic mass is 10.2. The Morgan fingerprint density at radius 3 is 2.81 bits per heavy atom. The molecule has 0 saturated heterocycles. The van der Waals surface area contributed by atoms with Gasteiger partial charge in [-0.15, -0.1) is 0 Å². The number of amides is 1. The van der Waals surface area contributed by atoms with E-state index in [0.29, 0.717) is 17.7 Å². The zero-order valence-electron chi connectivity index (χ0n) is 12.1. The van der Waals surface area contributed by atoms with Crippen molar-refractivity contribution in [3.63, 3.8) is 0 Å². The molecule has 0 unspecified atom stereocenters. The highest BCUT2D eigenvalue weighted by Crippen LogP contribution is 2.07. The molecule has 0 aromatic carbocycles. The van der Waals surface area contributed by atoms with Crippen molar-refractivity contribution in [2.75, 3.05) is 26.8 Å². The molecule has 1 heterocycles. The minimum Gasteiger partial charge on any atom is -0.468 e. The van der Waals surface area contributed by atoms with Crippen molar-refractivity contribution in [1.82, 2.24) is 9.88 Å². The largest absolute Gasteiger partial charge is 0.468 e. The minimum atomic E-state index is -0.471. The third kappa shape index (κ3) is 5.24. The van der Waals surface area contributed by atoms with Gasteiger partial charge >= 0.3 is 5.97 Å². The molecule has 0 fully saturated rings. The normalized spacial score (nSPS) is 9.48. The highest BCUT2D eigenvalue weighted by molar-refractivity contribution is 5.96. The summed E-state index contributed by atoms with van der Waals surface area (Å²) in [5.74, 6) is 4.41. The Kier molecular flexibility index (Phi) is 6.92. The van der Waals surface area contributed by atoms with Gasteiger partial charge in [-0.25, -0.2) is 0 Å². The van der Waals surface area contributed by atoms with Crippen LogP contribution in [0.4, 0.5) is 0 Å². The van der Waals surface area contributed by atoms with E-state index in [1.54, 1.807) is 6.07 Å². The second kappa shape index (κ2) is 8.72. The van der Waals surface area contributed by atoms with Crippen molar-refractivity contribution in [3.05, 3.63) is 29.6 Å². The van der Waals surface area contributed by atoms with Crippen molar-refractivity contribution >= 4 is 11.9 Å². The highest BCUT2D eigenvalue weighted by Gasteiger charge is 2.18. The molecule has 1 aromatic heterocycles. The van der Waals surface area contributed by atoms with E-state index < -0.39 is 5.97 Å². The van der Waals surface area contributed by atoms with Crippen LogP contribution in [0.5, 0.6) is 0 Å². The molecule has 0 bridgehead atoms. The lowest BCUT2D eigenvalue weighted by molar-refractivity contribution is -0.141. The quantitative estimate of drug-likeness (QED) is 0.629. The van der Waals surface area contributed by atoms with Gasteiger partial charge in [0, 0.05) is 24.5 Å². The summed E-state index contributed by atoms with van der Waals surface area (Å²) in [6.45, 7) is 2.00. The molecular formula is C15H18N2O4. The van der Waals surface area contributed by atoms with Crippen LogP contribution in [-0.4, -0.2) is 53.7 Å². The number of aliphatic hydroxyl groups excluding tert-OH is 1. The van der Waals surface area contributed by atoms with E-state index in [1.165, 1.54) is 24.4 Å². The van der Waals surface area contributed by atoms with Gasteiger partial charge < -0.3 is 14.7 Å². The predicted molar refractivity (Wildman–Crippen MR) is 76.4 cm³/mol. The second-order valence-corrected chi connectivity index (χ2v) is 4.23. The van der Waals surface area contributed by atoms with Crippen LogP contribution in [0.2, 0.25) is 0 Å². The number of aliphatic hydroxyl groups is 1. The van der Waals surface area contributed by atoms with Crippen LogP contribution in [0.3, 0.4) is 0 Å². The first-order chi connectivity index (χ1) is 10.1. The maximum absolute atomic E-state index is 12.4. The van der Waals surface area contributed by atoms with Gasteiger partial charge in [-0.1, -0.05) is 18.8 Å². The molecule has 1 N–H and O–H groups in total. The molecule has 0 aliphatic heterocycles. The number of methoxy groups -OCH3 is 1. The lowest BCUT2D eigenvalue weighted by Gasteiger charge is -2.20. The summed E-state index contributed by atoms with van der Waals surface area (Å²) in [6, 6.07) is 1.58. The number of rotatable bonds is 5. The maximum atomic E-state index is 12.4. The molecule has 1 amide bonds. The summed E-state index contributed by atoms with van der Waals surface area (Å²) >= 11 is 0. The predicted octanol–water partition coefficient (Wildman–Crippen LogP) is 0.451. The molecule has 0 saturated carbocycles. The summed E-state index contributed by atoms with van der Waals surface area (Å²) in [6.07, 6.45) is 3.65. The summed E-state index contributed by atoms with van der Waals surface area (Å²) < 4.78 is 4.59. The molecule has 6 heteroatoms. The van der Waals surface area contributed by atoms with Gasteiger partial charge in [-0.2, -0.15) is 0 Å². The number of ether oxygens (including phenoxy) is 1. The van der Waals surface area contributed by atoms with E-state index in [2.05, 4.69) is 21.6 Å². The SMILES string of the molecule is CCCN(CC(=O)OC)C(=O)c1cncc(C#CCO)c1. The Balaban J connectivity index is 2.94. The summed E-state index contributed by atoms with van der Waals surface area (Å²) in [7, 11) is 1.28. The number of carbonyl (C=O) groups is 2. The van der Waals surface area contributed by atoms with Gasteiger partial charge in [-0.05, 0) is 12.5 Å². The van der Waals surface area contributed by atoms with Gasteiger partial charge in [0.05, 0.1) is 12.7 Å². The van der Waals surface area contributed by atoms with Crippen molar-refractivity contribution in [3.8, 4) is 11.8 Å². The van der Waals surface area contributed by atoms with E-state index >= 15 is 0 Å². The molecule has 0 aliphatic rings. The monoisotopic (exact) mass is 290 g/mol. The van der Waals surface area contributed by atoms with Gasteiger partial charge in [0.2, 0.25) is 0 Å². The smallest absolute Gasteiger partial charge is 0.325 e. The summed E-state index contributed by atoms with van der Waals surface area (Å²) in [5, 5.41) is 8.67. The average Bonchev–Trinajstić information content (AvgIpc) is 2.51. The Morgan fingerprint density at radius 2 is 2.19 bits per heavy atom. The van der Waals surface area contributed by atoms with Crippen molar-refractivity contribution in [2.45, 2.75) is 13.3 Å². The van der Waals surface area contributed by atoms with Gasteiger partial charge in [0.1, 0.15) is 13.2 Å². The Hall–Kier alpha value is -2.39. The lowest BCUT2D eigenvalue weighted by Crippen LogP contribution is -2.36. The standard InChI is InChI=1S/C15H18N2O4/c1-3-6-17(11-14(19)21-2)15(20)13-8-12(5-4-7-18)9-16-10-13/h8-10,18H,3,6-7,11H2,1-2H3. The first-order valence-electron chi connectivity index (χ1n) is 6.53. The van der Waals surface area contributed by atoms with E-state index in [9.17, 15) is 9.59 Å². The zero-order valence-corrected chi connectivity index (χ0v) is 12.1. The van der Waals surface area contributed by atoms with Gasteiger partial charge in [0.15, 0.2) is 0 Å². The van der Waals surface area contributed by atoms with Crippen LogP contribution in [0.15, 0.2) is 18.5 Å². The van der Waals surface area contributed by atoms with E-state index in [0.717, 1.165) is 6.42 Å². The summed E-state index contributed by atoms with van der Waals surface area (Å²) in [4.78, 5) is 29.1. The first kappa shape index (κ1) is 16.7. The Morgan fingerprint density at radius 1 is 1.43 bits per heavy atom. The van der Waals surface area contributed by atoms with Gasteiger partial charge in [-0.3, -0.25) is 14.6 Å². The molecule has 1 rings (SSSR count). The molecule has 112 valence electrons. The molecule has 0 radical (unpaired) electrons. The third-order valence-electron chi connectivity index (χ3n) is 2.63. The van der Waals surface area contributed by atoms with Crippen LogP contribution in [0.25, 0.3) is 0 Å². The number of hydrogen-bond acceptors (Lipinski definition) is 5. The molecule has 0 atom stereocenters. The second-order valence-electron chi connectivity index (χ2n) is 4.23. The first-order valence-corrected chi connectivity index (χ1v) is 6.53. The fourth-order valence-corrected chi connectivity index (χ4v) is 1.69. The van der Waals surface area contributed by atoms with Crippen LogP contribution in [0, 0.1) is 11.8 Å². The molecule has 0 spiro atoms. The number of nitrogens with zero attached hydrogens (tertiary/aromatic N) is 2. The molecule has 0 aliphatic carbocycles. The average molecular weight is 290 g/mol. The van der Waals surface area contributed by atoms with E-state index in [-0.39, 0.29) is 19.1 Å². The number of aromatic nitrogens is 1. The number of esters is 1. The van der Waals surface area contributed by atoms with Crippen LogP contribution in [-0.2, 0) is 9.53 Å². The van der Waals surface area contributed by atoms with Crippen LogP contribution >= 0.6 is 0 Å². The number of hydrogen-bond donors (Lipinski definition) is 1.